The maximum absolute atomic E-state index is 11.8. The number of hydrogen-bond donors (Lipinski definition) is 3. The lowest BCUT2D eigenvalue weighted by Crippen LogP contribution is -2.52. The number of thiophene rings is 1. The maximum Gasteiger partial charge on any atom is 0.326 e. The van der Waals surface area contributed by atoms with E-state index in [0.29, 0.717) is 6.54 Å². The van der Waals surface area contributed by atoms with Crippen LogP contribution in [0.4, 0.5) is 4.79 Å². The summed E-state index contributed by atoms with van der Waals surface area (Å²) >= 11 is 1.63. The fourth-order valence-electron chi connectivity index (χ4n) is 1.74. The zero-order valence-electron chi connectivity index (χ0n) is 12.5. The standard InChI is InChI=1S/C14H22N2O3S/c1-8-6-10(20-9(8)2)7-15-13(19)16-11(12(17)18)14(3,4)5/h6,11H,7H2,1-5H3,(H,17,18)(H2,15,16,19)/t11-/m0/s1. The minimum atomic E-state index is -1.03. The van der Waals surface area contributed by atoms with Crippen LogP contribution in [0.3, 0.4) is 0 Å². The van der Waals surface area contributed by atoms with Crippen molar-refractivity contribution in [2.75, 3.05) is 0 Å². The van der Waals surface area contributed by atoms with Gasteiger partial charge >= 0.3 is 12.0 Å². The Labute approximate surface area is 123 Å². The lowest BCUT2D eigenvalue weighted by Gasteiger charge is -2.27. The first-order chi connectivity index (χ1) is 9.11. The fourth-order valence-corrected chi connectivity index (χ4v) is 2.73. The first-order valence-corrected chi connectivity index (χ1v) is 7.26. The Morgan fingerprint density at radius 1 is 1.35 bits per heavy atom. The van der Waals surface area contributed by atoms with Crippen LogP contribution in [0.15, 0.2) is 6.07 Å². The quantitative estimate of drug-likeness (QED) is 0.799. The Morgan fingerprint density at radius 3 is 2.35 bits per heavy atom. The Balaban J connectivity index is 2.56. The van der Waals surface area contributed by atoms with Gasteiger partial charge in [-0.25, -0.2) is 9.59 Å². The van der Waals surface area contributed by atoms with Crippen molar-refractivity contribution in [1.29, 1.82) is 0 Å². The lowest BCUT2D eigenvalue weighted by atomic mass is 9.87. The van der Waals surface area contributed by atoms with Gasteiger partial charge in [0.05, 0.1) is 6.54 Å². The van der Waals surface area contributed by atoms with E-state index in [4.69, 9.17) is 5.11 Å². The number of hydrogen-bond acceptors (Lipinski definition) is 3. The molecule has 112 valence electrons. The minimum Gasteiger partial charge on any atom is -0.480 e. The molecule has 0 bridgehead atoms. The smallest absolute Gasteiger partial charge is 0.326 e. The fraction of sp³-hybridized carbons (Fsp3) is 0.571. The molecule has 0 aromatic carbocycles. The number of rotatable bonds is 4. The van der Waals surface area contributed by atoms with Crippen molar-refractivity contribution in [1.82, 2.24) is 10.6 Å². The molecular formula is C14H22N2O3S. The van der Waals surface area contributed by atoms with E-state index in [1.165, 1.54) is 10.4 Å². The van der Waals surface area contributed by atoms with Gasteiger partial charge in [0.1, 0.15) is 6.04 Å². The van der Waals surface area contributed by atoms with Gasteiger partial charge in [0.15, 0.2) is 0 Å². The summed E-state index contributed by atoms with van der Waals surface area (Å²) in [6.45, 7) is 9.79. The predicted molar refractivity (Wildman–Crippen MR) is 80.0 cm³/mol. The first-order valence-electron chi connectivity index (χ1n) is 6.44. The molecule has 1 aromatic heterocycles. The molecule has 2 amide bonds. The third-order valence-electron chi connectivity index (χ3n) is 3.03. The maximum atomic E-state index is 11.8. The average molecular weight is 298 g/mol. The summed E-state index contributed by atoms with van der Waals surface area (Å²) in [5, 5.41) is 14.3. The zero-order valence-corrected chi connectivity index (χ0v) is 13.4. The Morgan fingerprint density at radius 2 is 1.95 bits per heavy atom. The third-order valence-corrected chi connectivity index (χ3v) is 4.18. The molecule has 0 radical (unpaired) electrons. The van der Waals surface area contributed by atoms with Gasteiger partial charge in [-0.1, -0.05) is 20.8 Å². The molecule has 0 saturated heterocycles. The molecule has 1 aromatic rings. The van der Waals surface area contributed by atoms with Crippen LogP contribution < -0.4 is 10.6 Å². The summed E-state index contributed by atoms with van der Waals surface area (Å²) in [5.74, 6) is -1.03. The van der Waals surface area contributed by atoms with Crippen LogP contribution in [0.1, 0.15) is 36.1 Å². The van der Waals surface area contributed by atoms with Crippen molar-refractivity contribution in [3.8, 4) is 0 Å². The average Bonchev–Trinajstić information content (AvgIpc) is 2.61. The molecule has 6 heteroatoms. The van der Waals surface area contributed by atoms with E-state index in [-0.39, 0.29) is 0 Å². The molecule has 0 aliphatic heterocycles. The molecule has 0 spiro atoms. The van der Waals surface area contributed by atoms with Gasteiger partial charge in [-0.3, -0.25) is 0 Å². The van der Waals surface area contributed by atoms with E-state index < -0.39 is 23.5 Å². The first kappa shape index (κ1) is 16.5. The molecule has 20 heavy (non-hydrogen) atoms. The van der Waals surface area contributed by atoms with Gasteiger partial charge in [-0.15, -0.1) is 11.3 Å². The lowest BCUT2D eigenvalue weighted by molar-refractivity contribution is -0.141. The van der Waals surface area contributed by atoms with Crippen molar-refractivity contribution in [3.05, 3.63) is 21.4 Å². The Bertz CT molecular complexity index is 484. The number of carbonyl (C=O) groups excluding carboxylic acids is 1. The number of nitrogens with one attached hydrogen (secondary N) is 2. The summed E-state index contributed by atoms with van der Waals surface area (Å²) in [4.78, 5) is 25.2. The van der Waals surface area contributed by atoms with Crippen LogP contribution in [0.25, 0.3) is 0 Å². The highest BCUT2D eigenvalue weighted by Crippen LogP contribution is 2.21. The highest BCUT2D eigenvalue weighted by atomic mass is 32.1. The second kappa shape index (κ2) is 6.26. The van der Waals surface area contributed by atoms with E-state index in [2.05, 4.69) is 10.6 Å². The number of aryl methyl sites for hydroxylation is 2. The topological polar surface area (TPSA) is 78.4 Å². The molecule has 3 N–H and O–H groups in total. The van der Waals surface area contributed by atoms with Crippen molar-refractivity contribution < 1.29 is 14.7 Å². The molecule has 0 saturated carbocycles. The van der Waals surface area contributed by atoms with Crippen LogP contribution in [0.2, 0.25) is 0 Å². The van der Waals surface area contributed by atoms with Crippen LogP contribution in [-0.4, -0.2) is 23.1 Å². The Hall–Kier alpha value is -1.56. The summed E-state index contributed by atoms with van der Waals surface area (Å²) in [6, 6.07) is 0.643. The van der Waals surface area contributed by atoms with Gasteiger partial charge in [0.2, 0.25) is 0 Å². The highest BCUT2D eigenvalue weighted by Gasteiger charge is 2.32. The largest absolute Gasteiger partial charge is 0.480 e. The molecule has 0 fully saturated rings. The summed E-state index contributed by atoms with van der Waals surface area (Å²) in [7, 11) is 0. The summed E-state index contributed by atoms with van der Waals surface area (Å²) < 4.78 is 0. The molecule has 0 unspecified atom stereocenters. The van der Waals surface area contributed by atoms with E-state index in [1.54, 1.807) is 32.1 Å². The highest BCUT2D eigenvalue weighted by molar-refractivity contribution is 7.12. The monoisotopic (exact) mass is 298 g/mol. The van der Waals surface area contributed by atoms with Gasteiger partial charge in [-0.2, -0.15) is 0 Å². The van der Waals surface area contributed by atoms with E-state index in [1.807, 2.05) is 19.9 Å². The second-order valence-corrected chi connectivity index (χ2v) is 7.26. The SMILES string of the molecule is Cc1cc(CNC(=O)N[C@@H](C(=O)O)C(C)(C)C)sc1C. The summed E-state index contributed by atoms with van der Waals surface area (Å²) in [5.41, 5.74) is 0.657. The van der Waals surface area contributed by atoms with E-state index in [0.717, 1.165) is 4.88 Å². The van der Waals surface area contributed by atoms with Crippen LogP contribution >= 0.6 is 11.3 Å². The molecule has 0 aliphatic carbocycles. The molecular weight excluding hydrogens is 276 g/mol. The molecule has 1 heterocycles. The van der Waals surface area contributed by atoms with Crippen LogP contribution in [0, 0.1) is 19.3 Å². The number of amides is 2. The molecule has 1 rings (SSSR count). The number of carboxylic acids is 1. The van der Waals surface area contributed by atoms with Crippen LogP contribution in [-0.2, 0) is 11.3 Å². The molecule has 5 nitrogen and oxygen atoms in total. The summed E-state index contributed by atoms with van der Waals surface area (Å²) in [6.07, 6.45) is 0. The van der Waals surface area contributed by atoms with Crippen molar-refractivity contribution in [2.45, 2.75) is 47.2 Å². The van der Waals surface area contributed by atoms with Crippen molar-refractivity contribution in [3.63, 3.8) is 0 Å². The second-order valence-electron chi connectivity index (χ2n) is 5.92. The normalized spacial score (nSPS) is 12.8. The van der Waals surface area contributed by atoms with Gasteiger partial charge < -0.3 is 15.7 Å². The van der Waals surface area contributed by atoms with Crippen LogP contribution in [0.5, 0.6) is 0 Å². The predicted octanol–water partition coefficient (Wildman–Crippen LogP) is 2.66. The van der Waals surface area contributed by atoms with Gasteiger partial charge in [-0.05, 0) is 30.9 Å². The van der Waals surface area contributed by atoms with Crippen molar-refractivity contribution in [2.24, 2.45) is 5.41 Å². The molecule has 0 aliphatic rings. The third kappa shape index (κ3) is 4.52. The Kier molecular flexibility index (Phi) is 5.16. The number of aliphatic carboxylic acids is 1. The van der Waals surface area contributed by atoms with E-state index in [9.17, 15) is 9.59 Å². The minimum absolute atomic E-state index is 0.404. The van der Waals surface area contributed by atoms with E-state index >= 15 is 0 Å². The number of carbonyl (C=O) groups is 2. The molecule has 1 atom stereocenters. The number of carboxylic acid groups (broad SMARTS) is 1. The number of urea groups is 1. The van der Waals surface area contributed by atoms with Gasteiger partial charge in [0, 0.05) is 9.75 Å². The van der Waals surface area contributed by atoms with Gasteiger partial charge in [0.25, 0.3) is 0 Å². The van der Waals surface area contributed by atoms with Crippen molar-refractivity contribution >= 4 is 23.3 Å². The zero-order chi connectivity index (χ0) is 15.5.